The summed E-state index contributed by atoms with van der Waals surface area (Å²) in [5, 5.41) is 2.46. The van der Waals surface area contributed by atoms with Crippen LogP contribution in [0.5, 0.6) is 0 Å². The summed E-state index contributed by atoms with van der Waals surface area (Å²) in [7, 11) is 0. The van der Waals surface area contributed by atoms with Gasteiger partial charge in [0.05, 0.1) is 12.1 Å². The summed E-state index contributed by atoms with van der Waals surface area (Å²) in [6.07, 6.45) is 3.68. The van der Waals surface area contributed by atoms with Crippen molar-refractivity contribution in [2.45, 2.75) is 6.42 Å². The fourth-order valence-corrected chi connectivity index (χ4v) is 2.77. The van der Waals surface area contributed by atoms with E-state index in [1.165, 1.54) is 11.3 Å². The minimum Gasteiger partial charge on any atom is -0.457 e. The Balaban J connectivity index is 1.54. The first-order chi connectivity index (χ1) is 10.6. The van der Waals surface area contributed by atoms with E-state index in [1.807, 2.05) is 16.0 Å². The molecule has 0 atom stereocenters. The van der Waals surface area contributed by atoms with Crippen LogP contribution < -0.4 is 0 Å². The summed E-state index contributed by atoms with van der Waals surface area (Å²) in [5.41, 5.74) is 1.08. The number of imidazole rings is 1. The van der Waals surface area contributed by atoms with E-state index in [0.717, 1.165) is 4.96 Å². The van der Waals surface area contributed by atoms with Gasteiger partial charge >= 0.3 is 5.97 Å². The molecule has 7 heteroatoms. The van der Waals surface area contributed by atoms with E-state index in [2.05, 4.69) is 4.98 Å². The molecule has 112 valence electrons. The summed E-state index contributed by atoms with van der Waals surface area (Å²) in [4.78, 5) is 28.7. The summed E-state index contributed by atoms with van der Waals surface area (Å²) in [6.45, 7) is -0.289. The van der Waals surface area contributed by atoms with Gasteiger partial charge in [-0.3, -0.25) is 14.0 Å². The number of thiazole rings is 1. The van der Waals surface area contributed by atoms with Crippen molar-refractivity contribution in [3.05, 3.63) is 58.3 Å². The maximum absolute atomic E-state index is 11.9. The second-order valence-electron chi connectivity index (χ2n) is 4.59. The smallest absolute Gasteiger partial charge is 0.312 e. The highest BCUT2D eigenvalue weighted by Crippen LogP contribution is 2.12. The number of carbonyl (C=O) groups excluding carboxylic acids is 2. The van der Waals surface area contributed by atoms with Crippen molar-refractivity contribution >= 4 is 39.7 Å². The fourth-order valence-electron chi connectivity index (χ4n) is 1.93. The first kappa shape index (κ1) is 14.7. The average molecular weight is 335 g/mol. The van der Waals surface area contributed by atoms with Crippen LogP contribution in [-0.2, 0) is 16.0 Å². The van der Waals surface area contributed by atoms with Gasteiger partial charge in [0.25, 0.3) is 0 Å². The molecule has 3 rings (SSSR count). The minimum atomic E-state index is -0.479. The Morgan fingerprint density at radius 1 is 1.27 bits per heavy atom. The van der Waals surface area contributed by atoms with Gasteiger partial charge in [0.15, 0.2) is 17.4 Å². The predicted octanol–water partition coefficient (Wildman–Crippen LogP) is 3.02. The van der Waals surface area contributed by atoms with E-state index in [-0.39, 0.29) is 18.8 Å². The van der Waals surface area contributed by atoms with Crippen molar-refractivity contribution in [1.29, 1.82) is 0 Å². The molecule has 0 N–H and O–H groups in total. The van der Waals surface area contributed by atoms with Crippen LogP contribution >= 0.6 is 22.9 Å². The molecule has 0 aliphatic rings. The van der Waals surface area contributed by atoms with Crippen molar-refractivity contribution in [2.24, 2.45) is 0 Å². The van der Waals surface area contributed by atoms with Gasteiger partial charge in [-0.15, -0.1) is 11.3 Å². The van der Waals surface area contributed by atoms with Crippen LogP contribution in [-0.4, -0.2) is 27.7 Å². The molecule has 0 radical (unpaired) electrons. The third-order valence-electron chi connectivity index (χ3n) is 3.00. The van der Waals surface area contributed by atoms with E-state index < -0.39 is 5.97 Å². The van der Waals surface area contributed by atoms with E-state index in [4.69, 9.17) is 16.3 Å². The molecule has 0 saturated carbocycles. The Labute approximate surface area is 135 Å². The van der Waals surface area contributed by atoms with Crippen LogP contribution in [0.3, 0.4) is 0 Å². The molecular weight excluding hydrogens is 324 g/mol. The molecule has 1 aromatic carbocycles. The molecule has 2 aromatic heterocycles. The lowest BCUT2D eigenvalue weighted by Gasteiger charge is -2.03. The molecule has 0 bridgehead atoms. The van der Waals surface area contributed by atoms with Crippen LogP contribution in [0.1, 0.15) is 16.1 Å². The number of rotatable bonds is 5. The van der Waals surface area contributed by atoms with E-state index >= 15 is 0 Å². The van der Waals surface area contributed by atoms with E-state index in [9.17, 15) is 9.59 Å². The maximum Gasteiger partial charge on any atom is 0.312 e. The van der Waals surface area contributed by atoms with E-state index in [0.29, 0.717) is 16.3 Å². The summed E-state index contributed by atoms with van der Waals surface area (Å²) in [6, 6.07) is 6.44. The third-order valence-corrected chi connectivity index (χ3v) is 4.02. The van der Waals surface area contributed by atoms with Gasteiger partial charge in [0.2, 0.25) is 0 Å². The molecule has 5 nitrogen and oxygen atoms in total. The van der Waals surface area contributed by atoms with Gasteiger partial charge in [-0.1, -0.05) is 11.6 Å². The Bertz CT molecular complexity index is 794. The molecule has 0 amide bonds. The lowest BCUT2D eigenvalue weighted by Crippen LogP contribution is -2.15. The standard InChI is InChI=1S/C15H11ClN2O3S/c16-11-3-1-10(2-4-11)13(19)9-21-14(20)7-12-8-18-5-6-22-15(18)17-12/h1-6,8H,7,9H2. The Kier molecular flexibility index (Phi) is 4.22. The zero-order valence-corrected chi connectivity index (χ0v) is 12.9. The summed E-state index contributed by atoms with van der Waals surface area (Å²) >= 11 is 7.24. The largest absolute Gasteiger partial charge is 0.457 e. The molecule has 0 saturated heterocycles. The first-order valence-electron chi connectivity index (χ1n) is 6.47. The van der Waals surface area contributed by atoms with Gasteiger partial charge in [-0.25, -0.2) is 4.98 Å². The number of nitrogens with zero attached hydrogens (tertiary/aromatic N) is 2. The topological polar surface area (TPSA) is 60.7 Å². The number of carbonyl (C=O) groups is 2. The van der Waals surface area contributed by atoms with Crippen molar-refractivity contribution < 1.29 is 14.3 Å². The normalized spacial score (nSPS) is 10.8. The molecule has 3 aromatic rings. The summed E-state index contributed by atoms with van der Waals surface area (Å²) < 4.78 is 6.84. The number of ketones is 1. The van der Waals surface area contributed by atoms with Crippen LogP contribution in [0.15, 0.2) is 42.0 Å². The number of esters is 1. The van der Waals surface area contributed by atoms with Crippen LogP contribution in [0.4, 0.5) is 0 Å². The zero-order valence-electron chi connectivity index (χ0n) is 11.4. The van der Waals surface area contributed by atoms with Gasteiger partial charge in [-0.2, -0.15) is 0 Å². The summed E-state index contributed by atoms with van der Waals surface area (Å²) in [5.74, 6) is -0.746. The second kappa shape index (κ2) is 6.29. The molecule has 0 fully saturated rings. The number of hydrogen-bond donors (Lipinski definition) is 0. The van der Waals surface area contributed by atoms with Crippen molar-refractivity contribution in [3.63, 3.8) is 0 Å². The van der Waals surface area contributed by atoms with Crippen LogP contribution in [0.25, 0.3) is 4.96 Å². The van der Waals surface area contributed by atoms with Crippen LogP contribution in [0, 0.1) is 0 Å². The lowest BCUT2D eigenvalue weighted by atomic mass is 10.1. The maximum atomic E-state index is 11.9. The number of fused-ring (bicyclic) bond motifs is 1. The Hall–Kier alpha value is -2.18. The highest BCUT2D eigenvalue weighted by Gasteiger charge is 2.12. The average Bonchev–Trinajstić information content (AvgIpc) is 3.06. The molecule has 22 heavy (non-hydrogen) atoms. The minimum absolute atomic E-state index is 0.0439. The SMILES string of the molecule is O=C(Cc1cn2ccsc2n1)OCC(=O)c1ccc(Cl)cc1. The molecule has 0 unspecified atom stereocenters. The van der Waals surface area contributed by atoms with Gasteiger partial charge < -0.3 is 4.74 Å². The molecular formula is C15H11ClN2O3S. The highest BCUT2D eigenvalue weighted by atomic mass is 35.5. The first-order valence-corrected chi connectivity index (χ1v) is 7.73. The second-order valence-corrected chi connectivity index (χ2v) is 5.90. The monoisotopic (exact) mass is 334 g/mol. The van der Waals surface area contributed by atoms with Crippen molar-refractivity contribution in [1.82, 2.24) is 9.38 Å². The number of Topliss-reactive ketones (excluding diaryl/α,β-unsaturated/α-hetero) is 1. The zero-order chi connectivity index (χ0) is 15.5. The molecule has 0 aliphatic carbocycles. The van der Waals surface area contributed by atoms with Gasteiger partial charge in [0.1, 0.15) is 0 Å². The van der Waals surface area contributed by atoms with Crippen molar-refractivity contribution in [2.75, 3.05) is 6.61 Å². The number of hydrogen-bond acceptors (Lipinski definition) is 5. The Morgan fingerprint density at radius 2 is 2.05 bits per heavy atom. The van der Waals surface area contributed by atoms with Gasteiger partial charge in [-0.05, 0) is 24.3 Å². The quantitative estimate of drug-likeness (QED) is 0.531. The molecule has 2 heterocycles. The number of aromatic nitrogens is 2. The molecule has 0 aliphatic heterocycles. The fraction of sp³-hybridized carbons (Fsp3) is 0.133. The highest BCUT2D eigenvalue weighted by molar-refractivity contribution is 7.15. The third kappa shape index (κ3) is 3.35. The Morgan fingerprint density at radius 3 is 2.77 bits per heavy atom. The number of halogens is 1. The van der Waals surface area contributed by atoms with Crippen LogP contribution in [0.2, 0.25) is 5.02 Å². The van der Waals surface area contributed by atoms with E-state index in [1.54, 1.807) is 30.5 Å². The lowest BCUT2D eigenvalue weighted by molar-refractivity contribution is -0.141. The van der Waals surface area contributed by atoms with Crippen molar-refractivity contribution in [3.8, 4) is 0 Å². The number of ether oxygens (including phenoxy) is 1. The van der Waals surface area contributed by atoms with Gasteiger partial charge in [0, 0.05) is 28.4 Å². The molecule has 0 spiro atoms. The predicted molar refractivity (Wildman–Crippen MR) is 83.5 cm³/mol. The number of benzene rings is 1.